The Hall–Kier alpha value is -1.71. The van der Waals surface area contributed by atoms with Gasteiger partial charge in [0.25, 0.3) is 0 Å². The van der Waals surface area contributed by atoms with Gasteiger partial charge in [0.15, 0.2) is 11.9 Å². The SMILES string of the molecule is C[C@H]1[C@H](N2CCN(C(=O)Nc3ccccc3)CC2)O[C@@H]2O[C@]3(C)CC[C@H]4[C@H](C)CC[C@@H]1[C@@]24OO3. The van der Waals surface area contributed by atoms with Crippen molar-refractivity contribution in [2.45, 2.75) is 70.4 Å². The van der Waals surface area contributed by atoms with Crippen LogP contribution in [-0.4, -0.2) is 65.9 Å². The summed E-state index contributed by atoms with van der Waals surface area (Å²) in [6.07, 6.45) is 3.69. The predicted molar refractivity (Wildman–Crippen MR) is 125 cm³/mol. The van der Waals surface area contributed by atoms with E-state index in [0.717, 1.165) is 38.0 Å². The van der Waals surface area contributed by atoms with E-state index >= 15 is 0 Å². The highest BCUT2D eigenvalue weighted by Crippen LogP contribution is 2.60. The van der Waals surface area contributed by atoms with E-state index in [1.807, 2.05) is 42.2 Å². The molecule has 8 nitrogen and oxygen atoms in total. The number of hydrogen-bond acceptors (Lipinski definition) is 6. The molecule has 1 aromatic rings. The molecule has 2 amide bonds. The topological polar surface area (TPSA) is 72.5 Å². The minimum atomic E-state index is -0.753. The summed E-state index contributed by atoms with van der Waals surface area (Å²) in [7, 11) is 0. The van der Waals surface area contributed by atoms with E-state index in [0.29, 0.717) is 30.8 Å². The van der Waals surface area contributed by atoms with Crippen LogP contribution in [0.4, 0.5) is 10.5 Å². The van der Waals surface area contributed by atoms with Gasteiger partial charge in [-0.25, -0.2) is 14.6 Å². The Morgan fingerprint density at radius 2 is 1.76 bits per heavy atom. The van der Waals surface area contributed by atoms with Crippen LogP contribution in [0.3, 0.4) is 0 Å². The van der Waals surface area contributed by atoms with Gasteiger partial charge in [-0.15, -0.1) is 0 Å². The lowest BCUT2D eigenvalue weighted by Gasteiger charge is -2.61. The van der Waals surface area contributed by atoms with E-state index in [9.17, 15) is 4.79 Å². The second kappa shape index (κ2) is 8.45. The highest BCUT2D eigenvalue weighted by molar-refractivity contribution is 5.89. The standard InChI is InChI=1S/C26H37N3O5/c1-17-9-10-21-18(2)22(31-23-26(21)20(17)11-12-25(3,32-23)33-34-26)28-13-15-29(16-14-28)24(30)27-19-7-5-4-6-8-19/h4-8,17-18,20-23H,9-16H2,1-3H3,(H,27,30)/t17-,18-,20+,21+,22-,23-,25+,26-/m1/s1. The zero-order valence-corrected chi connectivity index (χ0v) is 20.4. The van der Waals surface area contributed by atoms with Gasteiger partial charge in [-0.1, -0.05) is 32.0 Å². The first-order valence-corrected chi connectivity index (χ1v) is 12.9. The lowest BCUT2D eigenvalue weighted by atomic mass is 9.58. The molecule has 6 aliphatic rings. The molecule has 2 bridgehead atoms. The number of carbonyl (C=O) groups excluding carboxylic acids is 1. The van der Waals surface area contributed by atoms with E-state index in [1.54, 1.807) is 0 Å². The molecule has 1 aliphatic carbocycles. The Labute approximate surface area is 201 Å². The second-order valence-corrected chi connectivity index (χ2v) is 11.1. The van der Waals surface area contributed by atoms with Crippen LogP contribution in [-0.2, 0) is 19.2 Å². The summed E-state index contributed by atoms with van der Waals surface area (Å²) in [5.41, 5.74) is 0.294. The maximum atomic E-state index is 12.7. The first-order chi connectivity index (χ1) is 16.4. The number of rotatable bonds is 2. The first kappa shape index (κ1) is 22.7. The summed E-state index contributed by atoms with van der Waals surface area (Å²) in [6, 6.07) is 9.57. The fraction of sp³-hybridized carbons (Fsp3) is 0.731. The van der Waals surface area contributed by atoms with Crippen LogP contribution in [0.15, 0.2) is 30.3 Å². The molecular formula is C26H37N3O5. The Bertz CT molecular complexity index is 909. The van der Waals surface area contributed by atoms with Gasteiger partial charge in [0.1, 0.15) is 6.23 Å². The van der Waals surface area contributed by atoms with Crippen LogP contribution < -0.4 is 5.32 Å². The van der Waals surface area contributed by atoms with E-state index in [4.69, 9.17) is 19.2 Å². The molecule has 1 saturated carbocycles. The van der Waals surface area contributed by atoms with Crippen molar-refractivity contribution in [1.29, 1.82) is 0 Å². The smallest absolute Gasteiger partial charge is 0.321 e. The Kier molecular flexibility index (Phi) is 5.65. The van der Waals surface area contributed by atoms with Gasteiger partial charge in [-0.3, -0.25) is 4.90 Å². The highest BCUT2D eigenvalue weighted by atomic mass is 17.3. The zero-order valence-electron chi connectivity index (χ0n) is 20.4. The van der Waals surface area contributed by atoms with Crippen molar-refractivity contribution in [2.75, 3.05) is 31.5 Å². The summed E-state index contributed by atoms with van der Waals surface area (Å²) < 4.78 is 13.3. The average Bonchev–Trinajstić information content (AvgIpc) is 3.08. The number of piperazine rings is 1. The van der Waals surface area contributed by atoms with Crippen LogP contribution >= 0.6 is 0 Å². The van der Waals surface area contributed by atoms with Gasteiger partial charge < -0.3 is 19.7 Å². The fourth-order valence-electron chi connectivity index (χ4n) is 7.21. The zero-order chi connectivity index (χ0) is 23.5. The number of ether oxygens (including phenoxy) is 2. The Morgan fingerprint density at radius 1 is 1.00 bits per heavy atom. The predicted octanol–water partition coefficient (Wildman–Crippen LogP) is 4.04. The van der Waals surface area contributed by atoms with Crippen molar-refractivity contribution in [3.63, 3.8) is 0 Å². The minimum Gasteiger partial charge on any atom is -0.331 e. The molecule has 5 saturated heterocycles. The lowest BCUT2D eigenvalue weighted by molar-refractivity contribution is -0.574. The molecule has 0 unspecified atom stereocenters. The molecule has 186 valence electrons. The maximum absolute atomic E-state index is 12.7. The quantitative estimate of drug-likeness (QED) is 0.657. The normalized spacial score (nSPS) is 44.3. The molecule has 7 rings (SSSR count). The van der Waals surface area contributed by atoms with Crippen molar-refractivity contribution < 1.29 is 24.0 Å². The van der Waals surface area contributed by atoms with Crippen molar-refractivity contribution in [2.24, 2.45) is 23.7 Å². The fourth-order valence-corrected chi connectivity index (χ4v) is 7.21. The highest BCUT2D eigenvalue weighted by Gasteiger charge is 2.69. The van der Waals surface area contributed by atoms with Crippen LogP contribution in [0.5, 0.6) is 0 Å². The number of carbonyl (C=O) groups is 1. The molecular weight excluding hydrogens is 434 g/mol. The molecule has 0 radical (unpaired) electrons. The van der Waals surface area contributed by atoms with E-state index in [-0.39, 0.29) is 18.2 Å². The molecule has 5 heterocycles. The molecule has 1 spiro atoms. The third kappa shape index (κ3) is 3.57. The lowest BCUT2D eigenvalue weighted by Crippen LogP contribution is -2.72. The number of fused-ring (bicyclic) bond motifs is 2. The van der Waals surface area contributed by atoms with E-state index in [1.165, 1.54) is 6.42 Å². The van der Waals surface area contributed by atoms with Crippen LogP contribution in [0.1, 0.15) is 46.5 Å². The van der Waals surface area contributed by atoms with Gasteiger partial charge in [0, 0.05) is 50.1 Å². The molecule has 0 aromatic heterocycles. The third-order valence-corrected chi connectivity index (χ3v) is 9.11. The third-order valence-electron chi connectivity index (χ3n) is 9.11. The average molecular weight is 472 g/mol. The molecule has 34 heavy (non-hydrogen) atoms. The number of hydrogen-bond donors (Lipinski definition) is 1. The van der Waals surface area contributed by atoms with Crippen LogP contribution in [0.2, 0.25) is 0 Å². The largest absolute Gasteiger partial charge is 0.331 e. The van der Waals surface area contributed by atoms with Gasteiger partial charge in [0.05, 0.1) is 0 Å². The molecule has 6 fully saturated rings. The van der Waals surface area contributed by atoms with Crippen molar-refractivity contribution in [3.05, 3.63) is 30.3 Å². The number of anilines is 1. The van der Waals surface area contributed by atoms with Gasteiger partial charge in [-0.05, 0) is 50.2 Å². The van der Waals surface area contributed by atoms with Gasteiger partial charge in [-0.2, -0.15) is 0 Å². The Morgan fingerprint density at radius 3 is 2.53 bits per heavy atom. The van der Waals surface area contributed by atoms with Crippen molar-refractivity contribution in [1.82, 2.24) is 9.80 Å². The summed E-state index contributed by atoms with van der Waals surface area (Å²) in [5, 5.41) is 3.00. The number of nitrogens with one attached hydrogen (secondary N) is 1. The maximum Gasteiger partial charge on any atom is 0.321 e. The van der Waals surface area contributed by atoms with E-state index in [2.05, 4.69) is 24.1 Å². The Balaban J connectivity index is 1.16. The van der Waals surface area contributed by atoms with E-state index < -0.39 is 17.7 Å². The molecule has 8 heteroatoms. The molecule has 8 atom stereocenters. The van der Waals surface area contributed by atoms with Crippen molar-refractivity contribution >= 4 is 11.7 Å². The number of para-hydroxylation sites is 1. The first-order valence-electron chi connectivity index (χ1n) is 12.9. The number of amides is 2. The van der Waals surface area contributed by atoms with Gasteiger partial charge >= 0.3 is 6.03 Å². The number of benzene rings is 1. The molecule has 1 aromatic carbocycles. The van der Waals surface area contributed by atoms with Gasteiger partial charge in [0.2, 0.25) is 5.79 Å². The molecule has 5 aliphatic heterocycles. The molecule has 1 N–H and O–H groups in total. The summed E-state index contributed by atoms with van der Waals surface area (Å²) in [4.78, 5) is 29.2. The summed E-state index contributed by atoms with van der Waals surface area (Å²) in [6.45, 7) is 9.50. The summed E-state index contributed by atoms with van der Waals surface area (Å²) >= 11 is 0. The van der Waals surface area contributed by atoms with Crippen LogP contribution in [0, 0.1) is 23.7 Å². The summed E-state index contributed by atoms with van der Waals surface area (Å²) in [5.74, 6) is 0.787. The van der Waals surface area contributed by atoms with Crippen molar-refractivity contribution in [3.8, 4) is 0 Å². The number of nitrogens with zero attached hydrogens (tertiary/aromatic N) is 2. The number of urea groups is 1. The van der Waals surface area contributed by atoms with Crippen LogP contribution in [0.25, 0.3) is 0 Å². The minimum absolute atomic E-state index is 0.0468. The second-order valence-electron chi connectivity index (χ2n) is 11.1. The monoisotopic (exact) mass is 471 g/mol.